The third-order valence-electron chi connectivity index (χ3n) is 4.85. The number of hydrogen-bond acceptors (Lipinski definition) is 6. The molecule has 1 atom stereocenters. The molecular formula is C19H27N3O3S3. The molecule has 0 saturated carbocycles. The molecule has 0 spiro atoms. The number of aryl methyl sites for hydroxylation is 3. The van der Waals surface area contributed by atoms with E-state index in [0.717, 1.165) is 41.3 Å². The summed E-state index contributed by atoms with van der Waals surface area (Å²) in [5, 5.41) is 6.18. The third-order valence-corrected chi connectivity index (χ3v) is 9.21. The van der Waals surface area contributed by atoms with Crippen LogP contribution in [0.15, 0.2) is 21.7 Å². The fourth-order valence-electron chi connectivity index (χ4n) is 3.33. The number of thiazole rings is 1. The molecule has 154 valence electrons. The lowest BCUT2D eigenvalue weighted by Crippen LogP contribution is -2.45. The molecule has 0 radical (unpaired) electrons. The Morgan fingerprint density at radius 3 is 2.82 bits per heavy atom. The Labute approximate surface area is 175 Å². The summed E-state index contributed by atoms with van der Waals surface area (Å²) in [6.45, 7) is 5.26. The number of amides is 1. The molecule has 1 N–H and O–H groups in total. The maximum Gasteiger partial charge on any atom is 0.252 e. The maximum atomic E-state index is 12.8. The zero-order valence-corrected chi connectivity index (χ0v) is 18.8. The van der Waals surface area contributed by atoms with Gasteiger partial charge >= 0.3 is 0 Å². The number of aromatic nitrogens is 1. The molecule has 1 saturated heterocycles. The van der Waals surface area contributed by atoms with Crippen LogP contribution >= 0.6 is 22.7 Å². The van der Waals surface area contributed by atoms with E-state index in [4.69, 9.17) is 0 Å². The van der Waals surface area contributed by atoms with Crippen LogP contribution in [0.4, 0.5) is 0 Å². The first kappa shape index (κ1) is 21.4. The van der Waals surface area contributed by atoms with Crippen LogP contribution in [0.2, 0.25) is 0 Å². The van der Waals surface area contributed by atoms with Crippen molar-refractivity contribution in [2.45, 2.75) is 50.2 Å². The van der Waals surface area contributed by atoms with Gasteiger partial charge in [-0.2, -0.15) is 4.31 Å². The summed E-state index contributed by atoms with van der Waals surface area (Å²) in [4.78, 5) is 17.9. The van der Waals surface area contributed by atoms with E-state index in [2.05, 4.69) is 15.7 Å². The summed E-state index contributed by atoms with van der Waals surface area (Å²) in [6.07, 6.45) is 4.26. The highest BCUT2D eigenvalue weighted by Crippen LogP contribution is 2.28. The summed E-state index contributed by atoms with van der Waals surface area (Å²) in [5.41, 5.74) is 1.06. The van der Waals surface area contributed by atoms with Gasteiger partial charge in [0.15, 0.2) is 0 Å². The maximum absolute atomic E-state index is 12.8. The third kappa shape index (κ3) is 5.40. The van der Waals surface area contributed by atoms with Crippen LogP contribution in [0.3, 0.4) is 0 Å². The highest BCUT2D eigenvalue weighted by molar-refractivity contribution is 7.91. The van der Waals surface area contributed by atoms with E-state index < -0.39 is 10.0 Å². The molecule has 0 aromatic carbocycles. The number of piperidine rings is 1. The van der Waals surface area contributed by atoms with Gasteiger partial charge in [0.1, 0.15) is 4.21 Å². The van der Waals surface area contributed by atoms with Gasteiger partial charge in [0.2, 0.25) is 5.91 Å². The number of rotatable bonds is 8. The molecular weight excluding hydrogens is 414 g/mol. The van der Waals surface area contributed by atoms with Gasteiger partial charge in [-0.1, -0.05) is 0 Å². The van der Waals surface area contributed by atoms with E-state index in [-0.39, 0.29) is 18.4 Å². The summed E-state index contributed by atoms with van der Waals surface area (Å²) < 4.78 is 27.4. The van der Waals surface area contributed by atoms with E-state index in [1.54, 1.807) is 17.4 Å². The average Bonchev–Trinajstić information content (AvgIpc) is 3.30. The van der Waals surface area contributed by atoms with Crippen LogP contribution in [0, 0.1) is 19.8 Å². The van der Waals surface area contributed by atoms with Crippen LogP contribution in [0.5, 0.6) is 0 Å². The number of sulfonamides is 1. The first-order valence-corrected chi connectivity index (χ1v) is 12.7. The minimum atomic E-state index is -3.50. The van der Waals surface area contributed by atoms with E-state index in [1.807, 2.05) is 19.9 Å². The zero-order valence-electron chi connectivity index (χ0n) is 16.3. The van der Waals surface area contributed by atoms with Crippen LogP contribution < -0.4 is 5.32 Å². The molecule has 1 aliphatic rings. The van der Waals surface area contributed by atoms with Crippen LogP contribution in [-0.2, 0) is 21.2 Å². The number of thiophene rings is 1. The second-order valence-corrected chi connectivity index (χ2v) is 11.6. The molecule has 9 heteroatoms. The Hall–Kier alpha value is -1.29. The van der Waals surface area contributed by atoms with Crippen molar-refractivity contribution in [1.82, 2.24) is 14.6 Å². The lowest BCUT2D eigenvalue weighted by atomic mass is 9.99. The van der Waals surface area contributed by atoms with Crippen molar-refractivity contribution < 1.29 is 13.2 Å². The quantitative estimate of drug-likeness (QED) is 0.637. The molecule has 2 aromatic heterocycles. The largest absolute Gasteiger partial charge is 0.356 e. The summed E-state index contributed by atoms with van der Waals surface area (Å²) in [7, 11) is -3.50. The zero-order chi connectivity index (χ0) is 20.1. The molecule has 1 aliphatic heterocycles. The monoisotopic (exact) mass is 441 g/mol. The summed E-state index contributed by atoms with van der Waals surface area (Å²) in [6, 6.07) is 3.47. The van der Waals surface area contributed by atoms with Gasteiger partial charge in [-0.05, 0) is 58.1 Å². The van der Waals surface area contributed by atoms with Crippen LogP contribution in [0.25, 0.3) is 0 Å². The summed E-state index contributed by atoms with van der Waals surface area (Å²) in [5.74, 6) is -0.307. The molecule has 1 amide bonds. The Morgan fingerprint density at radius 1 is 1.32 bits per heavy atom. The molecule has 6 nitrogen and oxygen atoms in total. The molecule has 3 rings (SSSR count). The Bertz CT molecular complexity index is 904. The van der Waals surface area contributed by atoms with Gasteiger partial charge in [0.25, 0.3) is 10.0 Å². The Morgan fingerprint density at radius 2 is 2.14 bits per heavy atom. The number of carbonyl (C=O) groups is 1. The number of unbranched alkanes of at least 4 members (excludes halogenated alkanes) is 1. The van der Waals surface area contributed by atoms with Crippen LogP contribution in [0.1, 0.15) is 41.3 Å². The molecule has 2 aromatic rings. The minimum Gasteiger partial charge on any atom is -0.356 e. The SMILES string of the molecule is Cc1csc(CCCCNC(=O)C2CCCN(S(=O)(=O)c3ccc(C)s3)C2)n1. The van der Waals surface area contributed by atoms with Crippen molar-refractivity contribution in [3.05, 3.63) is 33.1 Å². The van der Waals surface area contributed by atoms with Crippen molar-refractivity contribution in [3.8, 4) is 0 Å². The van der Waals surface area contributed by atoms with Gasteiger partial charge < -0.3 is 5.32 Å². The number of hydrogen-bond donors (Lipinski definition) is 1. The molecule has 0 bridgehead atoms. The van der Waals surface area contributed by atoms with Crippen molar-refractivity contribution in [2.75, 3.05) is 19.6 Å². The second-order valence-electron chi connectivity index (χ2n) is 7.20. The second kappa shape index (κ2) is 9.47. The van der Waals surface area contributed by atoms with Crippen molar-refractivity contribution in [2.24, 2.45) is 5.92 Å². The van der Waals surface area contributed by atoms with Crippen molar-refractivity contribution in [3.63, 3.8) is 0 Å². The molecule has 1 unspecified atom stereocenters. The highest BCUT2D eigenvalue weighted by Gasteiger charge is 2.33. The lowest BCUT2D eigenvalue weighted by Gasteiger charge is -2.30. The number of nitrogens with zero attached hydrogens (tertiary/aromatic N) is 2. The van der Waals surface area contributed by atoms with Crippen molar-refractivity contribution in [1.29, 1.82) is 0 Å². The predicted octanol–water partition coefficient (Wildman–Crippen LogP) is 3.36. The normalized spacial score (nSPS) is 18.3. The fourth-order valence-corrected chi connectivity index (χ4v) is 7.11. The van der Waals surface area contributed by atoms with Gasteiger partial charge in [0.05, 0.1) is 10.9 Å². The lowest BCUT2D eigenvalue weighted by molar-refractivity contribution is -0.126. The Kier molecular flexibility index (Phi) is 7.25. The van der Waals surface area contributed by atoms with E-state index in [9.17, 15) is 13.2 Å². The first-order valence-electron chi connectivity index (χ1n) is 9.61. The fraction of sp³-hybridized carbons (Fsp3) is 0.579. The standard InChI is InChI=1S/C19H27N3O3S3/c1-14-13-26-17(21-14)7-3-4-10-20-19(23)16-6-5-11-22(12-16)28(24,25)18-9-8-15(2)27-18/h8-9,13,16H,3-7,10-12H2,1-2H3,(H,20,23). The van der Waals surface area contributed by atoms with Crippen LogP contribution in [-0.4, -0.2) is 43.2 Å². The van der Waals surface area contributed by atoms with Gasteiger partial charge in [-0.3, -0.25) is 4.79 Å². The topological polar surface area (TPSA) is 79.4 Å². The van der Waals surface area contributed by atoms with Gasteiger partial charge in [-0.15, -0.1) is 22.7 Å². The van der Waals surface area contributed by atoms with E-state index in [0.29, 0.717) is 23.7 Å². The minimum absolute atomic E-state index is 0.0349. The number of nitrogens with one attached hydrogen (secondary N) is 1. The first-order chi connectivity index (χ1) is 13.4. The summed E-state index contributed by atoms with van der Waals surface area (Å²) >= 11 is 2.96. The smallest absolute Gasteiger partial charge is 0.252 e. The Balaban J connectivity index is 1.45. The van der Waals surface area contributed by atoms with Crippen molar-refractivity contribution >= 4 is 38.6 Å². The van der Waals surface area contributed by atoms with E-state index in [1.165, 1.54) is 15.6 Å². The number of carbonyl (C=O) groups excluding carboxylic acids is 1. The molecule has 1 fully saturated rings. The molecule has 3 heterocycles. The van der Waals surface area contributed by atoms with Gasteiger partial charge in [0, 0.05) is 35.6 Å². The molecule has 28 heavy (non-hydrogen) atoms. The highest BCUT2D eigenvalue weighted by atomic mass is 32.2. The van der Waals surface area contributed by atoms with E-state index >= 15 is 0 Å². The predicted molar refractivity (Wildman–Crippen MR) is 113 cm³/mol. The van der Waals surface area contributed by atoms with Gasteiger partial charge in [-0.25, -0.2) is 13.4 Å². The average molecular weight is 442 g/mol. The molecule has 0 aliphatic carbocycles.